The van der Waals surface area contributed by atoms with Crippen molar-refractivity contribution in [3.8, 4) is 11.5 Å². The Hall–Kier alpha value is -2.97. The summed E-state index contributed by atoms with van der Waals surface area (Å²) in [6.07, 6.45) is 1.87. The molecule has 7 nitrogen and oxygen atoms in total. The number of hydrogen-bond acceptors (Lipinski definition) is 7. The molecule has 1 fully saturated rings. The van der Waals surface area contributed by atoms with E-state index in [-0.39, 0.29) is 12.5 Å². The predicted molar refractivity (Wildman–Crippen MR) is 128 cm³/mol. The van der Waals surface area contributed by atoms with Crippen molar-refractivity contribution in [2.75, 3.05) is 26.6 Å². The fourth-order valence-electron chi connectivity index (χ4n) is 4.29. The zero-order chi connectivity index (χ0) is 23.6. The van der Waals surface area contributed by atoms with Crippen molar-refractivity contribution >= 4 is 29.7 Å². The summed E-state index contributed by atoms with van der Waals surface area (Å²) in [5, 5.41) is 3.15. The van der Waals surface area contributed by atoms with Gasteiger partial charge in [0, 0.05) is 5.56 Å². The summed E-state index contributed by atoms with van der Waals surface area (Å²) in [4.78, 5) is 29.1. The molecule has 0 spiro atoms. The van der Waals surface area contributed by atoms with Crippen LogP contribution in [-0.4, -0.2) is 49.1 Å². The maximum Gasteiger partial charge on any atom is 0.316 e. The van der Waals surface area contributed by atoms with Gasteiger partial charge in [-0.1, -0.05) is 42.1 Å². The van der Waals surface area contributed by atoms with Gasteiger partial charge in [0.15, 0.2) is 5.72 Å². The van der Waals surface area contributed by atoms with E-state index >= 15 is 0 Å². The Morgan fingerprint density at radius 1 is 1.27 bits per heavy atom. The second kappa shape index (κ2) is 9.49. The van der Waals surface area contributed by atoms with Gasteiger partial charge in [0.05, 0.1) is 30.5 Å². The van der Waals surface area contributed by atoms with Gasteiger partial charge in [-0.3, -0.25) is 14.9 Å². The van der Waals surface area contributed by atoms with Gasteiger partial charge >= 0.3 is 5.97 Å². The molecule has 2 aliphatic heterocycles. The average molecular weight is 469 g/mol. The number of benzene rings is 2. The van der Waals surface area contributed by atoms with Gasteiger partial charge < -0.3 is 19.1 Å². The molecule has 174 valence electrons. The number of thioether (sulfide) groups is 1. The highest BCUT2D eigenvalue weighted by atomic mass is 32.2. The van der Waals surface area contributed by atoms with Crippen molar-refractivity contribution in [1.29, 1.82) is 0 Å². The SMILES string of the molecule is CCOC(=O)C1C(N2CS/C(=C/c3ccc(OC)cc3)C2=O)c2ccccc2OC1(C)NC. The highest BCUT2D eigenvalue weighted by Gasteiger charge is 2.55. The van der Waals surface area contributed by atoms with E-state index in [1.54, 1.807) is 26.0 Å². The number of para-hydroxylation sites is 1. The summed E-state index contributed by atoms with van der Waals surface area (Å²) in [5.74, 6) is 0.554. The fraction of sp³-hybridized carbons (Fsp3) is 0.360. The zero-order valence-electron chi connectivity index (χ0n) is 19.2. The molecule has 1 saturated heterocycles. The monoisotopic (exact) mass is 468 g/mol. The lowest BCUT2D eigenvalue weighted by Crippen LogP contribution is -2.61. The number of methoxy groups -OCH3 is 1. The van der Waals surface area contributed by atoms with Crippen LogP contribution < -0.4 is 14.8 Å². The second-order valence-electron chi connectivity index (χ2n) is 8.00. The van der Waals surface area contributed by atoms with Crippen molar-refractivity contribution in [3.05, 3.63) is 64.6 Å². The highest BCUT2D eigenvalue weighted by Crippen LogP contribution is 2.49. The van der Waals surface area contributed by atoms with Crippen LogP contribution in [0.5, 0.6) is 11.5 Å². The molecule has 0 saturated carbocycles. The van der Waals surface area contributed by atoms with Gasteiger partial charge in [0.1, 0.15) is 17.4 Å². The minimum atomic E-state index is -1.04. The largest absolute Gasteiger partial charge is 0.497 e. The summed E-state index contributed by atoms with van der Waals surface area (Å²) in [7, 11) is 3.36. The van der Waals surface area contributed by atoms with Crippen LogP contribution in [0.4, 0.5) is 0 Å². The molecule has 33 heavy (non-hydrogen) atoms. The van der Waals surface area contributed by atoms with E-state index in [4.69, 9.17) is 14.2 Å². The molecule has 3 unspecified atom stereocenters. The van der Waals surface area contributed by atoms with Crippen LogP contribution >= 0.6 is 11.8 Å². The Balaban J connectivity index is 1.73. The van der Waals surface area contributed by atoms with E-state index in [1.807, 2.05) is 61.5 Å². The van der Waals surface area contributed by atoms with E-state index in [0.717, 1.165) is 16.9 Å². The number of nitrogens with zero attached hydrogens (tertiary/aromatic N) is 1. The second-order valence-corrected chi connectivity index (χ2v) is 8.99. The number of carbonyl (C=O) groups is 2. The number of fused-ring (bicyclic) bond motifs is 1. The minimum Gasteiger partial charge on any atom is -0.497 e. The molecular formula is C25H28N2O5S. The Morgan fingerprint density at radius 2 is 2.00 bits per heavy atom. The van der Waals surface area contributed by atoms with E-state index in [1.165, 1.54) is 11.8 Å². The molecule has 2 aromatic carbocycles. The number of amides is 1. The lowest BCUT2D eigenvalue weighted by atomic mass is 9.81. The van der Waals surface area contributed by atoms with Crippen LogP contribution in [0.25, 0.3) is 6.08 Å². The van der Waals surface area contributed by atoms with Crippen LogP contribution in [0.1, 0.15) is 31.0 Å². The molecule has 3 atom stereocenters. The summed E-state index contributed by atoms with van der Waals surface area (Å²) in [6.45, 7) is 3.84. The molecule has 1 N–H and O–H groups in total. The molecule has 0 radical (unpaired) electrons. The molecule has 2 heterocycles. The van der Waals surface area contributed by atoms with Gasteiger partial charge in [-0.05, 0) is 50.7 Å². The third kappa shape index (κ3) is 4.32. The lowest BCUT2D eigenvalue weighted by Gasteiger charge is -2.47. The van der Waals surface area contributed by atoms with Crippen molar-refractivity contribution in [3.63, 3.8) is 0 Å². The number of carbonyl (C=O) groups excluding carboxylic acids is 2. The number of nitrogens with one attached hydrogen (secondary N) is 1. The molecule has 2 aromatic rings. The number of esters is 1. The van der Waals surface area contributed by atoms with Gasteiger partial charge in [0.2, 0.25) is 0 Å². The van der Waals surface area contributed by atoms with E-state index < -0.39 is 23.7 Å². The molecule has 8 heteroatoms. The summed E-state index contributed by atoms with van der Waals surface area (Å²) >= 11 is 1.46. The number of hydrogen-bond donors (Lipinski definition) is 1. The maximum absolute atomic E-state index is 13.6. The van der Waals surface area contributed by atoms with E-state index in [9.17, 15) is 9.59 Å². The minimum absolute atomic E-state index is 0.120. The lowest BCUT2D eigenvalue weighted by molar-refractivity contribution is -0.166. The molecular weight excluding hydrogens is 440 g/mol. The van der Waals surface area contributed by atoms with Crippen LogP contribution in [-0.2, 0) is 14.3 Å². The fourth-order valence-corrected chi connectivity index (χ4v) is 5.31. The highest BCUT2D eigenvalue weighted by molar-refractivity contribution is 8.04. The van der Waals surface area contributed by atoms with Crippen LogP contribution in [0.2, 0.25) is 0 Å². The smallest absolute Gasteiger partial charge is 0.316 e. The van der Waals surface area contributed by atoms with E-state index in [2.05, 4.69) is 5.32 Å². The Morgan fingerprint density at radius 3 is 2.67 bits per heavy atom. The molecule has 1 amide bonds. The van der Waals surface area contributed by atoms with Gasteiger partial charge in [-0.2, -0.15) is 0 Å². The van der Waals surface area contributed by atoms with Gasteiger partial charge in [-0.25, -0.2) is 0 Å². The summed E-state index contributed by atoms with van der Waals surface area (Å²) < 4.78 is 16.9. The molecule has 0 aromatic heterocycles. The standard InChI is InChI=1S/C25H28N2O5S/c1-5-31-24(29)21-22(18-8-6-7-9-19(18)32-25(21,2)26-3)27-15-33-20(23(27)28)14-16-10-12-17(30-4)13-11-16/h6-14,21-22,26H,5,15H2,1-4H3/b20-14+. The molecule has 4 rings (SSSR count). The van der Waals surface area contributed by atoms with Crippen LogP contribution in [0.15, 0.2) is 53.4 Å². The zero-order valence-corrected chi connectivity index (χ0v) is 20.0. The third-order valence-electron chi connectivity index (χ3n) is 6.09. The summed E-state index contributed by atoms with van der Waals surface area (Å²) in [5.41, 5.74) is 0.657. The third-order valence-corrected chi connectivity index (χ3v) is 7.10. The Kier molecular flexibility index (Phi) is 6.67. The van der Waals surface area contributed by atoms with Gasteiger partial charge in [0.25, 0.3) is 5.91 Å². The van der Waals surface area contributed by atoms with Crippen molar-refractivity contribution < 1.29 is 23.8 Å². The van der Waals surface area contributed by atoms with Gasteiger partial charge in [-0.15, -0.1) is 0 Å². The first kappa shape index (κ1) is 23.2. The van der Waals surface area contributed by atoms with Crippen LogP contribution in [0.3, 0.4) is 0 Å². The van der Waals surface area contributed by atoms with E-state index in [0.29, 0.717) is 16.5 Å². The van der Waals surface area contributed by atoms with Crippen molar-refractivity contribution in [1.82, 2.24) is 10.2 Å². The van der Waals surface area contributed by atoms with Crippen molar-refractivity contribution in [2.45, 2.75) is 25.6 Å². The normalized spacial score (nSPS) is 25.5. The first-order valence-corrected chi connectivity index (χ1v) is 11.8. The quantitative estimate of drug-likeness (QED) is 0.510. The van der Waals surface area contributed by atoms with Crippen molar-refractivity contribution in [2.24, 2.45) is 5.92 Å². The average Bonchev–Trinajstić information content (AvgIpc) is 3.18. The topological polar surface area (TPSA) is 77.1 Å². The Bertz CT molecular complexity index is 1070. The van der Waals surface area contributed by atoms with Crippen LogP contribution in [0, 0.1) is 5.92 Å². The molecule has 2 aliphatic rings. The Labute approximate surface area is 198 Å². The number of rotatable bonds is 6. The summed E-state index contributed by atoms with van der Waals surface area (Å²) in [6, 6.07) is 14.5. The maximum atomic E-state index is 13.6. The first-order chi connectivity index (χ1) is 15.9. The first-order valence-electron chi connectivity index (χ1n) is 10.8. The molecule has 0 aliphatic carbocycles. The predicted octanol–water partition coefficient (Wildman–Crippen LogP) is 3.82. The molecule has 0 bridgehead atoms. The number of ether oxygens (including phenoxy) is 3.